The number of rotatable bonds is 8. The molecular weight excluding hydrogens is 546 g/mol. The normalized spacial score (nSPS) is 11.6. The molecule has 3 N–H and O–H groups in total. The molecule has 0 atom stereocenters. The van der Waals surface area contributed by atoms with E-state index in [-0.39, 0.29) is 26.1 Å². The van der Waals surface area contributed by atoms with Gasteiger partial charge in [0.15, 0.2) is 0 Å². The van der Waals surface area contributed by atoms with E-state index in [1.165, 1.54) is 54.6 Å². The number of nitrogens with one attached hydrogen (secondary N) is 3. The van der Waals surface area contributed by atoms with Crippen molar-refractivity contribution in [3.05, 3.63) is 113 Å². The molecule has 4 aromatic carbocycles. The zero-order valence-corrected chi connectivity index (χ0v) is 22.8. The number of sulfonamides is 2. The van der Waals surface area contributed by atoms with E-state index in [1.54, 1.807) is 30.3 Å². The summed E-state index contributed by atoms with van der Waals surface area (Å²) in [5, 5.41) is 2.76. The summed E-state index contributed by atoms with van der Waals surface area (Å²) < 4.78 is 55.8. The van der Waals surface area contributed by atoms with Crippen molar-refractivity contribution in [3.63, 3.8) is 0 Å². The molecule has 8 nitrogen and oxygen atoms in total. The molecular formula is C27H24ClN3O5S2. The zero-order chi connectivity index (χ0) is 27.5. The highest BCUT2D eigenvalue weighted by Gasteiger charge is 2.18. The Bertz CT molecular complexity index is 1700. The third-order valence-corrected chi connectivity index (χ3v) is 8.61. The maximum Gasteiger partial charge on any atom is 0.261 e. The number of carbonyl (C=O) groups is 1. The van der Waals surface area contributed by atoms with Crippen molar-refractivity contribution in [3.8, 4) is 0 Å². The van der Waals surface area contributed by atoms with Gasteiger partial charge in [-0.25, -0.2) is 16.8 Å². The molecule has 0 saturated carbocycles. The summed E-state index contributed by atoms with van der Waals surface area (Å²) in [6.45, 7) is 3.71. The molecule has 0 bridgehead atoms. The molecule has 0 radical (unpaired) electrons. The lowest BCUT2D eigenvalue weighted by Crippen LogP contribution is -2.16. The van der Waals surface area contributed by atoms with Gasteiger partial charge in [0.1, 0.15) is 0 Å². The van der Waals surface area contributed by atoms with Gasteiger partial charge in [-0.1, -0.05) is 41.4 Å². The van der Waals surface area contributed by atoms with Crippen LogP contribution in [-0.2, 0) is 20.0 Å². The summed E-state index contributed by atoms with van der Waals surface area (Å²) in [7, 11) is -7.71. The van der Waals surface area contributed by atoms with E-state index in [1.807, 2.05) is 19.9 Å². The first kappa shape index (κ1) is 27.2. The first-order valence-corrected chi connectivity index (χ1v) is 14.7. The summed E-state index contributed by atoms with van der Waals surface area (Å²) in [4.78, 5) is 13.0. The number of aryl methyl sites for hydroxylation is 2. The van der Waals surface area contributed by atoms with E-state index in [4.69, 9.17) is 11.6 Å². The van der Waals surface area contributed by atoms with E-state index >= 15 is 0 Å². The average Bonchev–Trinajstić information content (AvgIpc) is 2.85. The minimum absolute atomic E-state index is 0.0162. The second-order valence-corrected chi connectivity index (χ2v) is 12.3. The fourth-order valence-corrected chi connectivity index (χ4v) is 5.84. The molecule has 0 unspecified atom stereocenters. The Kier molecular flexibility index (Phi) is 7.77. The van der Waals surface area contributed by atoms with Crippen molar-refractivity contribution in [2.24, 2.45) is 0 Å². The van der Waals surface area contributed by atoms with Gasteiger partial charge in [-0.15, -0.1) is 0 Å². The highest BCUT2D eigenvalue weighted by molar-refractivity contribution is 7.93. The monoisotopic (exact) mass is 569 g/mol. The van der Waals surface area contributed by atoms with Crippen molar-refractivity contribution in [1.82, 2.24) is 0 Å². The molecule has 38 heavy (non-hydrogen) atoms. The molecule has 196 valence electrons. The zero-order valence-electron chi connectivity index (χ0n) is 20.4. The smallest absolute Gasteiger partial charge is 0.261 e. The third-order valence-electron chi connectivity index (χ3n) is 5.49. The molecule has 1 amide bonds. The Morgan fingerprint density at radius 3 is 1.74 bits per heavy atom. The molecule has 0 aliphatic heterocycles. The highest BCUT2D eigenvalue weighted by atomic mass is 35.5. The second-order valence-electron chi connectivity index (χ2n) is 8.57. The Morgan fingerprint density at radius 2 is 1.16 bits per heavy atom. The lowest BCUT2D eigenvalue weighted by molar-refractivity contribution is 0.102. The molecule has 11 heteroatoms. The lowest BCUT2D eigenvalue weighted by atomic mass is 10.2. The summed E-state index contributed by atoms with van der Waals surface area (Å²) in [5.74, 6) is -0.597. The van der Waals surface area contributed by atoms with E-state index in [0.29, 0.717) is 11.4 Å². The van der Waals surface area contributed by atoms with Gasteiger partial charge in [0.25, 0.3) is 26.0 Å². The molecule has 0 saturated heterocycles. The Morgan fingerprint density at radius 1 is 0.632 bits per heavy atom. The Hall–Kier alpha value is -3.86. The molecule has 4 rings (SSSR count). The Labute approximate surface area is 226 Å². The SMILES string of the molecule is Cc1ccc(S(=O)(=O)Nc2ccc(Cl)c(C(=O)Nc3ccc(S(=O)(=O)Nc4cccc(C)c4)cc3)c2)cc1. The predicted octanol–water partition coefficient (Wildman–Crippen LogP) is 5.81. The quantitative estimate of drug-likeness (QED) is 0.247. The summed E-state index contributed by atoms with van der Waals surface area (Å²) in [6.07, 6.45) is 0. The molecule has 0 spiro atoms. The minimum Gasteiger partial charge on any atom is -0.322 e. The first-order chi connectivity index (χ1) is 17.9. The van der Waals surface area contributed by atoms with Gasteiger partial charge in [0.05, 0.1) is 20.4 Å². The number of amides is 1. The van der Waals surface area contributed by atoms with Gasteiger partial charge < -0.3 is 5.32 Å². The third kappa shape index (κ3) is 6.52. The summed E-state index contributed by atoms with van der Waals surface area (Å²) >= 11 is 6.21. The first-order valence-electron chi connectivity index (χ1n) is 11.3. The van der Waals surface area contributed by atoms with Crippen molar-refractivity contribution < 1.29 is 21.6 Å². The number of hydrogen-bond donors (Lipinski definition) is 3. The van der Waals surface area contributed by atoms with Crippen LogP contribution in [-0.4, -0.2) is 22.7 Å². The fourth-order valence-electron chi connectivity index (χ4n) is 3.53. The topological polar surface area (TPSA) is 121 Å². The average molecular weight is 570 g/mol. The van der Waals surface area contributed by atoms with Gasteiger partial charge in [0, 0.05) is 17.1 Å². The van der Waals surface area contributed by atoms with Crippen LogP contribution in [0.4, 0.5) is 17.1 Å². The van der Waals surface area contributed by atoms with E-state index in [9.17, 15) is 21.6 Å². The van der Waals surface area contributed by atoms with Crippen molar-refractivity contribution in [2.75, 3.05) is 14.8 Å². The number of carbonyl (C=O) groups excluding carboxylic acids is 1. The molecule has 4 aromatic rings. The standard InChI is InChI=1S/C27H24ClN3O5S2/c1-18-6-11-23(12-7-18)37(33,34)31-22-10-15-26(28)25(17-22)27(32)29-20-8-13-24(14-9-20)38(35,36)30-21-5-3-4-19(2)16-21/h3-17,30-31H,1-2H3,(H,29,32). The van der Waals surface area contributed by atoms with E-state index in [0.717, 1.165) is 11.1 Å². The van der Waals surface area contributed by atoms with Gasteiger partial charge in [-0.3, -0.25) is 14.2 Å². The minimum atomic E-state index is -3.88. The number of hydrogen-bond acceptors (Lipinski definition) is 5. The number of anilines is 3. The van der Waals surface area contributed by atoms with Crippen LogP contribution in [0.25, 0.3) is 0 Å². The van der Waals surface area contributed by atoms with Crippen LogP contribution in [0.2, 0.25) is 5.02 Å². The fraction of sp³-hybridized carbons (Fsp3) is 0.0741. The molecule has 0 aromatic heterocycles. The summed E-state index contributed by atoms with van der Waals surface area (Å²) in [5.41, 5.74) is 2.79. The molecule has 0 heterocycles. The van der Waals surface area contributed by atoms with Crippen LogP contribution >= 0.6 is 11.6 Å². The number of benzene rings is 4. The van der Waals surface area contributed by atoms with Crippen LogP contribution in [0.15, 0.2) is 101 Å². The van der Waals surface area contributed by atoms with Crippen LogP contribution in [0.1, 0.15) is 21.5 Å². The van der Waals surface area contributed by atoms with E-state index < -0.39 is 26.0 Å². The predicted molar refractivity (Wildman–Crippen MR) is 150 cm³/mol. The largest absolute Gasteiger partial charge is 0.322 e. The van der Waals surface area contributed by atoms with Crippen LogP contribution < -0.4 is 14.8 Å². The van der Waals surface area contributed by atoms with Gasteiger partial charge in [-0.05, 0) is 86.1 Å². The van der Waals surface area contributed by atoms with Crippen LogP contribution in [0.3, 0.4) is 0 Å². The molecule has 0 aliphatic rings. The van der Waals surface area contributed by atoms with E-state index in [2.05, 4.69) is 14.8 Å². The maximum atomic E-state index is 12.9. The maximum absolute atomic E-state index is 12.9. The van der Waals surface area contributed by atoms with Gasteiger partial charge in [-0.2, -0.15) is 0 Å². The lowest BCUT2D eigenvalue weighted by Gasteiger charge is -2.12. The van der Waals surface area contributed by atoms with Gasteiger partial charge >= 0.3 is 0 Å². The van der Waals surface area contributed by atoms with Gasteiger partial charge in [0.2, 0.25) is 0 Å². The molecule has 0 aliphatic carbocycles. The Balaban J connectivity index is 1.48. The number of halogens is 1. The highest BCUT2D eigenvalue weighted by Crippen LogP contribution is 2.25. The summed E-state index contributed by atoms with van der Waals surface area (Å²) in [6, 6.07) is 23.1. The second kappa shape index (κ2) is 10.9. The van der Waals surface area contributed by atoms with Crippen molar-refractivity contribution >= 4 is 54.6 Å². The van der Waals surface area contributed by atoms with Crippen molar-refractivity contribution in [2.45, 2.75) is 23.6 Å². The van der Waals surface area contributed by atoms with Crippen molar-refractivity contribution in [1.29, 1.82) is 0 Å². The van der Waals surface area contributed by atoms with Crippen LogP contribution in [0, 0.1) is 13.8 Å². The van der Waals surface area contributed by atoms with Crippen LogP contribution in [0.5, 0.6) is 0 Å². The molecule has 0 fully saturated rings.